The second-order valence-electron chi connectivity index (χ2n) is 4.13. The minimum absolute atomic E-state index is 0.290. The summed E-state index contributed by atoms with van der Waals surface area (Å²) in [5.41, 5.74) is 0.147. The molecule has 0 aliphatic rings. The van der Waals surface area contributed by atoms with E-state index in [-0.39, 0.29) is 5.97 Å². The summed E-state index contributed by atoms with van der Waals surface area (Å²) in [6, 6.07) is 7.95. The molecule has 4 heteroatoms. The maximum absolute atomic E-state index is 11.0. The van der Waals surface area contributed by atoms with Crippen LogP contribution in [0.25, 0.3) is 10.1 Å². The Morgan fingerprint density at radius 3 is 2.75 bits per heavy atom. The first-order chi connectivity index (χ1) is 7.50. The van der Waals surface area contributed by atoms with Crippen LogP contribution in [0.2, 0.25) is 0 Å². The van der Waals surface area contributed by atoms with E-state index in [1.165, 1.54) is 18.5 Å². The molecule has 1 aromatic carbocycles. The number of esters is 1. The predicted molar refractivity (Wildman–Crippen MR) is 64.4 cm³/mol. The van der Waals surface area contributed by atoms with Gasteiger partial charge in [-0.05, 0) is 31.4 Å². The molecule has 1 heterocycles. The lowest BCUT2D eigenvalue weighted by molar-refractivity contribution is -0.154. The first-order valence-corrected chi connectivity index (χ1v) is 5.82. The fraction of sp³-hybridized carbons (Fsp3) is 0.333. The second kappa shape index (κ2) is 3.87. The van der Waals surface area contributed by atoms with E-state index < -0.39 is 5.60 Å². The van der Waals surface area contributed by atoms with Crippen molar-refractivity contribution in [2.75, 3.05) is 0 Å². The number of hydrogen-bond donors (Lipinski definition) is 0. The SMILES string of the molecule is CC(=O)OC(C)(C)c1nsc2ccccc12. The van der Waals surface area contributed by atoms with Crippen molar-refractivity contribution in [3.63, 3.8) is 0 Å². The van der Waals surface area contributed by atoms with Gasteiger partial charge in [0.2, 0.25) is 0 Å². The van der Waals surface area contributed by atoms with Gasteiger partial charge in [0.15, 0.2) is 0 Å². The van der Waals surface area contributed by atoms with Crippen molar-refractivity contribution in [1.82, 2.24) is 4.37 Å². The second-order valence-corrected chi connectivity index (χ2v) is 4.94. The Kier molecular flexibility index (Phi) is 2.68. The van der Waals surface area contributed by atoms with E-state index in [1.807, 2.05) is 38.1 Å². The number of carbonyl (C=O) groups excluding carboxylic acids is 1. The monoisotopic (exact) mass is 235 g/mol. The maximum Gasteiger partial charge on any atom is 0.303 e. The molecule has 16 heavy (non-hydrogen) atoms. The summed E-state index contributed by atoms with van der Waals surface area (Å²) in [5.74, 6) is -0.290. The van der Waals surface area contributed by atoms with Gasteiger partial charge in [-0.1, -0.05) is 18.2 Å². The Labute approximate surface area is 98.2 Å². The molecule has 0 saturated carbocycles. The quantitative estimate of drug-likeness (QED) is 0.751. The lowest BCUT2D eigenvalue weighted by Gasteiger charge is -2.22. The van der Waals surface area contributed by atoms with Gasteiger partial charge in [0.05, 0.1) is 4.70 Å². The summed E-state index contributed by atoms with van der Waals surface area (Å²) < 4.78 is 10.8. The number of hydrogen-bond acceptors (Lipinski definition) is 4. The van der Waals surface area contributed by atoms with E-state index in [0.29, 0.717) is 0 Å². The normalized spacial score (nSPS) is 11.7. The van der Waals surface area contributed by atoms with Crippen LogP contribution in [0.15, 0.2) is 24.3 Å². The first-order valence-electron chi connectivity index (χ1n) is 5.05. The third-order valence-electron chi connectivity index (χ3n) is 2.35. The first kappa shape index (κ1) is 11.1. The molecule has 0 fully saturated rings. The zero-order chi connectivity index (χ0) is 11.8. The van der Waals surface area contributed by atoms with Crippen molar-refractivity contribution in [1.29, 1.82) is 0 Å². The lowest BCUT2D eigenvalue weighted by Crippen LogP contribution is -2.24. The number of fused-ring (bicyclic) bond motifs is 1. The van der Waals surface area contributed by atoms with Gasteiger partial charge in [0.25, 0.3) is 0 Å². The van der Waals surface area contributed by atoms with Crippen LogP contribution < -0.4 is 0 Å². The molecule has 0 atom stereocenters. The molecular formula is C12H13NO2S. The number of ether oxygens (including phenoxy) is 1. The molecule has 0 bridgehead atoms. The Balaban J connectivity index is 2.50. The molecular weight excluding hydrogens is 222 g/mol. The maximum atomic E-state index is 11.0. The van der Waals surface area contributed by atoms with Gasteiger partial charge in [-0.15, -0.1) is 0 Å². The molecule has 2 aromatic rings. The van der Waals surface area contributed by atoms with Crippen molar-refractivity contribution < 1.29 is 9.53 Å². The van der Waals surface area contributed by atoms with Gasteiger partial charge >= 0.3 is 5.97 Å². The van der Waals surface area contributed by atoms with Crippen LogP contribution in [0, 0.1) is 0 Å². The van der Waals surface area contributed by atoms with Crippen LogP contribution >= 0.6 is 11.5 Å². The summed E-state index contributed by atoms with van der Waals surface area (Å²) in [6.07, 6.45) is 0. The summed E-state index contributed by atoms with van der Waals surface area (Å²) in [5, 5.41) is 1.05. The highest BCUT2D eigenvalue weighted by molar-refractivity contribution is 7.13. The van der Waals surface area contributed by atoms with Crippen molar-refractivity contribution in [3.8, 4) is 0 Å². The van der Waals surface area contributed by atoms with Gasteiger partial charge < -0.3 is 4.74 Å². The van der Waals surface area contributed by atoms with E-state index in [2.05, 4.69) is 4.37 Å². The molecule has 0 amide bonds. The van der Waals surface area contributed by atoms with Crippen LogP contribution in [0.3, 0.4) is 0 Å². The van der Waals surface area contributed by atoms with Gasteiger partial charge in [-0.25, -0.2) is 0 Å². The summed E-state index contributed by atoms with van der Waals surface area (Å²) in [4.78, 5) is 11.0. The van der Waals surface area contributed by atoms with Crippen molar-refractivity contribution in [3.05, 3.63) is 30.0 Å². The molecule has 0 aliphatic heterocycles. The molecule has 2 rings (SSSR count). The minimum atomic E-state index is -0.675. The van der Waals surface area contributed by atoms with Crippen LogP contribution in [0.4, 0.5) is 0 Å². The van der Waals surface area contributed by atoms with Crippen molar-refractivity contribution in [2.45, 2.75) is 26.4 Å². The third-order valence-corrected chi connectivity index (χ3v) is 3.17. The minimum Gasteiger partial charge on any atom is -0.453 e. The van der Waals surface area contributed by atoms with E-state index in [1.54, 1.807) is 0 Å². The zero-order valence-electron chi connectivity index (χ0n) is 9.48. The lowest BCUT2D eigenvalue weighted by atomic mass is 10.0. The Bertz CT molecular complexity index is 531. The molecule has 1 aromatic heterocycles. The topological polar surface area (TPSA) is 39.2 Å². The Morgan fingerprint density at radius 1 is 1.38 bits per heavy atom. The van der Waals surface area contributed by atoms with Crippen LogP contribution in [0.1, 0.15) is 26.5 Å². The molecule has 3 nitrogen and oxygen atoms in total. The highest BCUT2D eigenvalue weighted by Gasteiger charge is 2.28. The summed E-state index contributed by atoms with van der Waals surface area (Å²) in [6.45, 7) is 5.13. The number of benzene rings is 1. The average molecular weight is 235 g/mol. The van der Waals surface area contributed by atoms with Crippen LogP contribution in [0.5, 0.6) is 0 Å². The molecule has 0 spiro atoms. The number of aromatic nitrogens is 1. The van der Waals surface area contributed by atoms with Crippen molar-refractivity contribution in [2.24, 2.45) is 0 Å². The number of rotatable bonds is 2. The average Bonchev–Trinajstić information content (AvgIpc) is 2.59. The van der Waals surface area contributed by atoms with Gasteiger partial charge in [-0.3, -0.25) is 4.79 Å². The zero-order valence-corrected chi connectivity index (χ0v) is 10.3. The Hall–Kier alpha value is -1.42. The van der Waals surface area contributed by atoms with Gasteiger partial charge in [-0.2, -0.15) is 4.37 Å². The van der Waals surface area contributed by atoms with E-state index in [9.17, 15) is 4.79 Å². The third kappa shape index (κ3) is 1.93. The smallest absolute Gasteiger partial charge is 0.303 e. The predicted octanol–water partition coefficient (Wildman–Crippen LogP) is 3.09. The molecule has 84 valence electrons. The van der Waals surface area contributed by atoms with E-state index in [0.717, 1.165) is 15.8 Å². The molecule has 0 aliphatic carbocycles. The van der Waals surface area contributed by atoms with E-state index >= 15 is 0 Å². The summed E-state index contributed by atoms with van der Waals surface area (Å²) >= 11 is 1.43. The number of nitrogens with zero attached hydrogens (tertiary/aromatic N) is 1. The van der Waals surface area contributed by atoms with Gasteiger partial charge in [0.1, 0.15) is 11.3 Å². The van der Waals surface area contributed by atoms with Crippen LogP contribution in [-0.4, -0.2) is 10.3 Å². The summed E-state index contributed by atoms with van der Waals surface area (Å²) in [7, 11) is 0. The molecule has 0 unspecified atom stereocenters. The molecule has 0 radical (unpaired) electrons. The van der Waals surface area contributed by atoms with Crippen LogP contribution in [-0.2, 0) is 15.1 Å². The van der Waals surface area contributed by atoms with E-state index in [4.69, 9.17) is 4.74 Å². The standard InChI is InChI=1S/C12H13NO2S/c1-8(14)15-12(2,3)11-9-6-4-5-7-10(9)16-13-11/h4-7H,1-3H3. The largest absolute Gasteiger partial charge is 0.453 e. The Morgan fingerprint density at radius 2 is 2.06 bits per heavy atom. The molecule has 0 N–H and O–H groups in total. The highest BCUT2D eigenvalue weighted by atomic mass is 32.1. The molecule has 0 saturated heterocycles. The van der Waals surface area contributed by atoms with Gasteiger partial charge in [0, 0.05) is 12.3 Å². The number of carbonyl (C=O) groups is 1. The highest BCUT2D eigenvalue weighted by Crippen LogP contribution is 2.32. The fourth-order valence-electron chi connectivity index (χ4n) is 1.73. The van der Waals surface area contributed by atoms with Crippen molar-refractivity contribution >= 4 is 27.6 Å². The fourth-order valence-corrected chi connectivity index (χ4v) is 2.64.